The molecule has 0 aliphatic carbocycles. The number of halogens is 1. The molecular weight excluding hydrogens is 282 g/mol. The predicted molar refractivity (Wildman–Crippen MR) is 70.3 cm³/mol. The molecule has 0 atom stereocenters. The Kier molecular flexibility index (Phi) is 3.50. The summed E-state index contributed by atoms with van der Waals surface area (Å²) >= 11 is 3.25. The quantitative estimate of drug-likeness (QED) is 0.499. The summed E-state index contributed by atoms with van der Waals surface area (Å²) in [4.78, 5) is 14.4. The van der Waals surface area contributed by atoms with Gasteiger partial charge in [-0.25, -0.2) is 4.79 Å². The van der Waals surface area contributed by atoms with E-state index in [2.05, 4.69) is 37.5 Å². The van der Waals surface area contributed by atoms with Crippen LogP contribution < -0.4 is 0 Å². The van der Waals surface area contributed by atoms with E-state index in [0.717, 1.165) is 16.5 Å². The van der Waals surface area contributed by atoms with Gasteiger partial charge in [0.15, 0.2) is 0 Å². The first-order chi connectivity index (χ1) is 8.24. The van der Waals surface area contributed by atoms with E-state index in [1.54, 1.807) is 6.07 Å². The highest BCUT2D eigenvalue weighted by atomic mass is 79.9. The van der Waals surface area contributed by atoms with E-state index in [1.807, 2.05) is 18.2 Å². The number of aromatic nitrogens is 1. The van der Waals surface area contributed by atoms with E-state index in [9.17, 15) is 4.79 Å². The standard InChI is InChI=1S/C13H10BrNO2/c1-17-13(16)12-8-10-5-4-9(3-2-6-14)7-11(10)15-12/h4-5,7-8,15H,6H2,1H3. The molecule has 0 unspecified atom stereocenters. The summed E-state index contributed by atoms with van der Waals surface area (Å²) in [6, 6.07) is 7.53. The lowest BCUT2D eigenvalue weighted by molar-refractivity contribution is 0.0595. The number of hydrogen-bond acceptors (Lipinski definition) is 2. The number of rotatable bonds is 1. The summed E-state index contributed by atoms with van der Waals surface area (Å²) in [5.41, 5.74) is 2.25. The number of carbonyl (C=O) groups is 1. The van der Waals surface area contributed by atoms with Gasteiger partial charge in [-0.1, -0.05) is 33.8 Å². The van der Waals surface area contributed by atoms with Gasteiger partial charge < -0.3 is 9.72 Å². The topological polar surface area (TPSA) is 42.1 Å². The number of hydrogen-bond donors (Lipinski definition) is 1. The van der Waals surface area contributed by atoms with Crippen LogP contribution in [0.1, 0.15) is 16.1 Å². The summed E-state index contributed by atoms with van der Waals surface area (Å²) in [5, 5.41) is 1.61. The van der Waals surface area contributed by atoms with Gasteiger partial charge in [0.1, 0.15) is 5.69 Å². The lowest BCUT2D eigenvalue weighted by Crippen LogP contribution is -2.00. The first-order valence-corrected chi connectivity index (χ1v) is 6.12. The maximum Gasteiger partial charge on any atom is 0.354 e. The minimum atomic E-state index is -0.366. The zero-order valence-electron chi connectivity index (χ0n) is 9.21. The molecular formula is C13H10BrNO2. The van der Waals surface area contributed by atoms with Crippen LogP contribution in [0.15, 0.2) is 24.3 Å². The van der Waals surface area contributed by atoms with Gasteiger partial charge in [-0.2, -0.15) is 0 Å². The molecule has 1 aromatic carbocycles. The fraction of sp³-hybridized carbons (Fsp3) is 0.154. The fourth-order valence-electron chi connectivity index (χ4n) is 1.56. The van der Waals surface area contributed by atoms with E-state index in [4.69, 9.17) is 0 Å². The van der Waals surface area contributed by atoms with Gasteiger partial charge in [0, 0.05) is 16.5 Å². The second-order valence-electron chi connectivity index (χ2n) is 3.41. The second kappa shape index (κ2) is 5.07. The van der Waals surface area contributed by atoms with Crippen molar-refractivity contribution in [1.82, 2.24) is 4.98 Å². The van der Waals surface area contributed by atoms with E-state index in [1.165, 1.54) is 7.11 Å². The molecule has 2 aromatic rings. The molecule has 2 rings (SSSR count). The Balaban J connectivity index is 2.44. The first-order valence-electron chi connectivity index (χ1n) is 5.00. The van der Waals surface area contributed by atoms with Gasteiger partial charge in [-0.3, -0.25) is 0 Å². The number of methoxy groups -OCH3 is 1. The van der Waals surface area contributed by atoms with Crippen molar-refractivity contribution in [3.8, 4) is 11.8 Å². The van der Waals surface area contributed by atoms with Gasteiger partial charge in [-0.15, -0.1) is 0 Å². The van der Waals surface area contributed by atoms with Crippen molar-refractivity contribution < 1.29 is 9.53 Å². The molecule has 0 saturated carbocycles. The largest absolute Gasteiger partial charge is 0.464 e. The lowest BCUT2D eigenvalue weighted by atomic mass is 10.2. The Morgan fingerprint density at radius 3 is 3.00 bits per heavy atom. The highest BCUT2D eigenvalue weighted by Crippen LogP contribution is 2.17. The second-order valence-corrected chi connectivity index (χ2v) is 3.97. The number of alkyl halides is 1. The summed E-state index contributed by atoms with van der Waals surface area (Å²) in [6.07, 6.45) is 0. The van der Waals surface area contributed by atoms with Crippen LogP contribution >= 0.6 is 15.9 Å². The zero-order valence-corrected chi connectivity index (χ0v) is 10.8. The fourth-order valence-corrected chi connectivity index (χ4v) is 1.70. The van der Waals surface area contributed by atoms with Gasteiger partial charge in [0.05, 0.1) is 12.4 Å². The van der Waals surface area contributed by atoms with Crippen LogP contribution in [0.3, 0.4) is 0 Å². The van der Waals surface area contributed by atoms with Gasteiger partial charge in [-0.05, 0) is 18.2 Å². The van der Waals surface area contributed by atoms with Crippen molar-refractivity contribution in [2.24, 2.45) is 0 Å². The molecule has 0 bridgehead atoms. The highest BCUT2D eigenvalue weighted by Gasteiger charge is 2.08. The molecule has 0 fully saturated rings. The Morgan fingerprint density at radius 2 is 2.29 bits per heavy atom. The summed E-state index contributed by atoms with van der Waals surface area (Å²) in [7, 11) is 1.36. The molecule has 0 spiro atoms. The molecule has 17 heavy (non-hydrogen) atoms. The van der Waals surface area contributed by atoms with Crippen molar-refractivity contribution in [3.63, 3.8) is 0 Å². The van der Waals surface area contributed by atoms with Gasteiger partial charge in [0.25, 0.3) is 0 Å². The number of carbonyl (C=O) groups excluding carboxylic acids is 1. The molecule has 0 amide bonds. The summed E-state index contributed by atoms with van der Waals surface area (Å²) < 4.78 is 4.66. The van der Waals surface area contributed by atoms with Crippen molar-refractivity contribution in [2.45, 2.75) is 0 Å². The maximum absolute atomic E-state index is 11.4. The number of benzene rings is 1. The lowest BCUT2D eigenvalue weighted by Gasteiger charge is -1.92. The molecule has 1 heterocycles. The Hall–Kier alpha value is -1.73. The minimum Gasteiger partial charge on any atom is -0.464 e. The Morgan fingerprint density at radius 1 is 1.47 bits per heavy atom. The normalized spacial score (nSPS) is 9.76. The number of nitrogens with one attached hydrogen (secondary N) is 1. The van der Waals surface area contributed by atoms with Gasteiger partial charge in [0.2, 0.25) is 0 Å². The average molecular weight is 292 g/mol. The van der Waals surface area contributed by atoms with Crippen LogP contribution in [-0.2, 0) is 4.74 Å². The number of esters is 1. The first kappa shape index (κ1) is 11.7. The minimum absolute atomic E-state index is 0.366. The molecule has 86 valence electrons. The third-order valence-corrected chi connectivity index (χ3v) is 2.61. The number of H-pyrrole nitrogens is 1. The van der Waals surface area contributed by atoms with Crippen molar-refractivity contribution in [2.75, 3.05) is 12.4 Å². The molecule has 4 heteroatoms. The third kappa shape index (κ3) is 2.51. The van der Waals surface area contributed by atoms with Crippen molar-refractivity contribution in [3.05, 3.63) is 35.5 Å². The number of aromatic amines is 1. The third-order valence-electron chi connectivity index (χ3n) is 2.33. The molecule has 0 aliphatic rings. The van der Waals surface area contributed by atoms with E-state index < -0.39 is 0 Å². The van der Waals surface area contributed by atoms with Gasteiger partial charge >= 0.3 is 5.97 Å². The Labute approximate surface area is 107 Å². The van der Waals surface area contributed by atoms with Crippen LogP contribution in [-0.4, -0.2) is 23.4 Å². The molecule has 1 aromatic heterocycles. The molecule has 0 radical (unpaired) electrons. The summed E-state index contributed by atoms with van der Waals surface area (Å²) in [5.74, 6) is 5.57. The molecule has 0 saturated heterocycles. The van der Waals surface area contributed by atoms with Crippen LogP contribution in [0.4, 0.5) is 0 Å². The monoisotopic (exact) mass is 291 g/mol. The number of ether oxygens (including phenoxy) is 1. The average Bonchev–Trinajstić information content (AvgIpc) is 2.78. The predicted octanol–water partition coefficient (Wildman–Crippen LogP) is 2.70. The van der Waals surface area contributed by atoms with Crippen LogP contribution in [0.2, 0.25) is 0 Å². The Bertz CT molecular complexity index is 619. The van der Waals surface area contributed by atoms with Crippen LogP contribution in [0, 0.1) is 11.8 Å². The van der Waals surface area contributed by atoms with E-state index >= 15 is 0 Å². The van der Waals surface area contributed by atoms with Crippen molar-refractivity contribution in [1.29, 1.82) is 0 Å². The molecule has 0 aliphatic heterocycles. The van der Waals surface area contributed by atoms with Crippen molar-refractivity contribution >= 4 is 32.8 Å². The smallest absolute Gasteiger partial charge is 0.354 e. The van der Waals surface area contributed by atoms with Crippen LogP contribution in [0.25, 0.3) is 10.9 Å². The highest BCUT2D eigenvalue weighted by molar-refractivity contribution is 9.09. The zero-order chi connectivity index (χ0) is 12.3. The maximum atomic E-state index is 11.4. The van der Waals surface area contributed by atoms with Crippen LogP contribution in [0.5, 0.6) is 0 Å². The molecule has 1 N–H and O–H groups in total. The summed E-state index contributed by atoms with van der Waals surface area (Å²) in [6.45, 7) is 0. The van der Waals surface area contributed by atoms with E-state index in [0.29, 0.717) is 11.0 Å². The molecule has 3 nitrogen and oxygen atoms in total. The number of fused-ring (bicyclic) bond motifs is 1. The van der Waals surface area contributed by atoms with E-state index in [-0.39, 0.29) is 5.97 Å². The SMILES string of the molecule is COC(=O)c1cc2ccc(C#CCBr)cc2[nH]1.